The van der Waals surface area contributed by atoms with Gasteiger partial charge in [0.05, 0.1) is 6.26 Å². The highest BCUT2D eigenvalue weighted by Gasteiger charge is 2.35. The standard InChI is InChI=1S/C14H14N2O6S/c1-23(19,20)22-8-4-5-9-10(6-8)21-13(11(9)16-14(15)18)12(17)7-2-3-7/h4-7H,2-3H2,1H3,(H3,15,16,18). The molecular formula is C14H14N2O6S. The zero-order valence-corrected chi connectivity index (χ0v) is 13.0. The fourth-order valence-electron chi connectivity index (χ4n) is 2.26. The first-order valence-corrected chi connectivity index (χ1v) is 8.63. The van der Waals surface area contributed by atoms with Crippen molar-refractivity contribution in [2.75, 3.05) is 11.6 Å². The van der Waals surface area contributed by atoms with Gasteiger partial charge in [0.25, 0.3) is 0 Å². The Balaban J connectivity index is 2.10. The molecular weight excluding hydrogens is 324 g/mol. The third kappa shape index (κ3) is 3.29. The van der Waals surface area contributed by atoms with Crippen molar-refractivity contribution >= 4 is 38.6 Å². The zero-order valence-electron chi connectivity index (χ0n) is 12.2. The summed E-state index contributed by atoms with van der Waals surface area (Å²) >= 11 is 0. The smallest absolute Gasteiger partial charge is 0.316 e. The third-order valence-corrected chi connectivity index (χ3v) is 3.82. The minimum atomic E-state index is -3.69. The summed E-state index contributed by atoms with van der Waals surface area (Å²) in [6, 6.07) is 3.41. The predicted octanol–water partition coefficient (Wildman–Crippen LogP) is 1.85. The van der Waals surface area contributed by atoms with E-state index >= 15 is 0 Å². The molecule has 0 atom stereocenters. The largest absolute Gasteiger partial charge is 0.451 e. The van der Waals surface area contributed by atoms with E-state index in [2.05, 4.69) is 5.32 Å². The molecule has 9 heteroatoms. The Morgan fingerprint density at radius 2 is 2.04 bits per heavy atom. The second kappa shape index (κ2) is 5.27. The number of rotatable bonds is 5. The zero-order chi connectivity index (χ0) is 16.8. The average molecular weight is 338 g/mol. The third-order valence-electron chi connectivity index (χ3n) is 3.33. The van der Waals surface area contributed by atoms with E-state index in [9.17, 15) is 18.0 Å². The number of hydrogen-bond acceptors (Lipinski definition) is 6. The molecule has 1 aromatic heterocycles. The van der Waals surface area contributed by atoms with E-state index < -0.39 is 16.1 Å². The number of benzene rings is 1. The van der Waals surface area contributed by atoms with Crippen LogP contribution in [-0.4, -0.2) is 26.5 Å². The summed E-state index contributed by atoms with van der Waals surface area (Å²) in [5.74, 6) is -0.270. The number of nitrogens with two attached hydrogens (primary N) is 1. The Morgan fingerprint density at radius 1 is 1.35 bits per heavy atom. The first-order chi connectivity index (χ1) is 10.7. The molecule has 0 bridgehead atoms. The van der Waals surface area contributed by atoms with Gasteiger partial charge in [-0.1, -0.05) is 0 Å². The monoisotopic (exact) mass is 338 g/mol. The van der Waals surface area contributed by atoms with Gasteiger partial charge >= 0.3 is 16.1 Å². The summed E-state index contributed by atoms with van der Waals surface area (Å²) in [5.41, 5.74) is 5.55. The molecule has 1 aliphatic rings. The number of carbonyl (C=O) groups is 2. The maximum Gasteiger partial charge on any atom is 0.316 e. The van der Waals surface area contributed by atoms with Crippen molar-refractivity contribution in [2.45, 2.75) is 12.8 Å². The van der Waals surface area contributed by atoms with Gasteiger partial charge in [-0.15, -0.1) is 0 Å². The predicted molar refractivity (Wildman–Crippen MR) is 81.9 cm³/mol. The van der Waals surface area contributed by atoms with E-state index in [0.717, 1.165) is 19.1 Å². The molecule has 1 aliphatic carbocycles. The molecule has 0 unspecified atom stereocenters. The minimum absolute atomic E-state index is 0.0119. The average Bonchev–Trinajstić information content (AvgIpc) is 3.20. The van der Waals surface area contributed by atoms with Crippen LogP contribution in [0.4, 0.5) is 10.5 Å². The molecule has 1 fully saturated rings. The van der Waals surface area contributed by atoms with Crippen molar-refractivity contribution in [3.63, 3.8) is 0 Å². The lowest BCUT2D eigenvalue weighted by Crippen LogP contribution is -2.20. The maximum absolute atomic E-state index is 12.3. The van der Waals surface area contributed by atoms with Crippen molar-refractivity contribution in [3.05, 3.63) is 24.0 Å². The SMILES string of the molecule is CS(=O)(=O)Oc1ccc2c(NC(N)=O)c(C(=O)C3CC3)oc2c1. The number of nitrogens with one attached hydrogen (secondary N) is 1. The molecule has 0 aliphatic heterocycles. The number of fused-ring (bicyclic) bond motifs is 1. The number of primary amides is 1. The van der Waals surface area contributed by atoms with Crippen molar-refractivity contribution in [2.24, 2.45) is 11.7 Å². The Bertz CT molecular complexity index is 911. The van der Waals surface area contributed by atoms with Gasteiger partial charge in [0.2, 0.25) is 5.78 Å². The van der Waals surface area contributed by atoms with Gasteiger partial charge in [0, 0.05) is 17.4 Å². The van der Waals surface area contributed by atoms with Crippen LogP contribution in [0.1, 0.15) is 23.4 Å². The molecule has 1 heterocycles. The van der Waals surface area contributed by atoms with Crippen LogP contribution in [-0.2, 0) is 10.1 Å². The molecule has 122 valence electrons. The lowest BCUT2D eigenvalue weighted by molar-refractivity contribution is 0.0943. The highest BCUT2D eigenvalue weighted by Crippen LogP contribution is 2.39. The van der Waals surface area contributed by atoms with Crippen molar-refractivity contribution in [1.82, 2.24) is 0 Å². The molecule has 0 saturated heterocycles. The van der Waals surface area contributed by atoms with Crippen molar-refractivity contribution in [3.8, 4) is 5.75 Å². The van der Waals surface area contributed by atoms with Crippen LogP contribution in [0, 0.1) is 5.92 Å². The lowest BCUT2D eigenvalue weighted by Gasteiger charge is -2.03. The van der Waals surface area contributed by atoms with Crippen molar-refractivity contribution < 1.29 is 26.6 Å². The van der Waals surface area contributed by atoms with Crippen LogP contribution in [0.2, 0.25) is 0 Å². The quantitative estimate of drug-likeness (QED) is 0.632. The van der Waals surface area contributed by atoms with Gasteiger partial charge in [-0.05, 0) is 25.0 Å². The Morgan fingerprint density at radius 3 is 2.61 bits per heavy atom. The van der Waals surface area contributed by atoms with Crippen LogP contribution in [0.5, 0.6) is 5.75 Å². The van der Waals surface area contributed by atoms with E-state index in [1.54, 1.807) is 0 Å². The highest BCUT2D eigenvalue weighted by molar-refractivity contribution is 7.86. The first kappa shape index (κ1) is 15.3. The number of furan rings is 1. The van der Waals surface area contributed by atoms with Gasteiger partial charge in [-0.3, -0.25) is 4.79 Å². The first-order valence-electron chi connectivity index (χ1n) is 6.81. The number of Topliss-reactive ketones (excluding diaryl/α,β-unsaturated/α-hetero) is 1. The summed E-state index contributed by atoms with van der Waals surface area (Å²) in [7, 11) is -3.69. The Labute approximate surface area is 131 Å². The molecule has 1 aromatic carbocycles. The molecule has 0 radical (unpaired) electrons. The van der Waals surface area contributed by atoms with E-state index in [1.807, 2.05) is 0 Å². The summed E-state index contributed by atoms with van der Waals surface area (Å²) in [6.07, 6.45) is 2.46. The van der Waals surface area contributed by atoms with Crippen LogP contribution in [0.15, 0.2) is 22.6 Å². The van der Waals surface area contributed by atoms with Crippen LogP contribution in [0.25, 0.3) is 11.0 Å². The van der Waals surface area contributed by atoms with Crippen LogP contribution >= 0.6 is 0 Å². The van der Waals surface area contributed by atoms with Gasteiger partial charge in [0.1, 0.15) is 17.0 Å². The summed E-state index contributed by atoms with van der Waals surface area (Å²) in [6.45, 7) is 0. The fourth-order valence-corrected chi connectivity index (χ4v) is 2.71. The Hall–Kier alpha value is -2.55. The van der Waals surface area contributed by atoms with Gasteiger partial charge in [0.15, 0.2) is 5.76 Å². The van der Waals surface area contributed by atoms with Gasteiger partial charge in [-0.2, -0.15) is 8.42 Å². The van der Waals surface area contributed by atoms with Crippen LogP contribution < -0.4 is 15.2 Å². The maximum atomic E-state index is 12.3. The van der Waals surface area contributed by atoms with E-state index in [-0.39, 0.29) is 34.5 Å². The van der Waals surface area contributed by atoms with E-state index in [0.29, 0.717) is 5.39 Å². The Kier molecular flexibility index (Phi) is 3.52. The molecule has 3 N–H and O–H groups in total. The minimum Gasteiger partial charge on any atom is -0.451 e. The number of hydrogen-bond donors (Lipinski definition) is 2. The van der Waals surface area contributed by atoms with Crippen molar-refractivity contribution in [1.29, 1.82) is 0 Å². The summed E-state index contributed by atoms with van der Waals surface area (Å²) in [4.78, 5) is 23.5. The number of anilines is 1. The molecule has 3 rings (SSSR count). The molecule has 8 nitrogen and oxygen atoms in total. The van der Waals surface area contributed by atoms with Gasteiger partial charge in [-0.25, -0.2) is 4.79 Å². The molecule has 2 amide bonds. The second-order valence-electron chi connectivity index (χ2n) is 5.38. The lowest BCUT2D eigenvalue weighted by atomic mass is 10.1. The highest BCUT2D eigenvalue weighted by atomic mass is 32.2. The summed E-state index contributed by atoms with van der Waals surface area (Å²) in [5, 5.41) is 2.83. The normalized spacial score (nSPS) is 14.7. The second-order valence-corrected chi connectivity index (χ2v) is 6.95. The van der Waals surface area contributed by atoms with E-state index in [4.69, 9.17) is 14.3 Å². The van der Waals surface area contributed by atoms with E-state index in [1.165, 1.54) is 18.2 Å². The molecule has 1 saturated carbocycles. The van der Waals surface area contributed by atoms with Gasteiger partial charge < -0.3 is 19.7 Å². The number of ketones is 1. The summed E-state index contributed by atoms with van der Waals surface area (Å²) < 4.78 is 32.7. The van der Waals surface area contributed by atoms with Crippen LogP contribution in [0.3, 0.4) is 0 Å². The number of urea groups is 1. The number of carbonyl (C=O) groups excluding carboxylic acids is 2. The molecule has 0 spiro atoms. The molecule has 23 heavy (non-hydrogen) atoms. The molecule has 2 aromatic rings. The topological polar surface area (TPSA) is 129 Å². The fraction of sp³-hybridized carbons (Fsp3) is 0.286. The number of amides is 2.